The molecule has 3 unspecified atom stereocenters. The van der Waals surface area contributed by atoms with Crippen LogP contribution in [0.3, 0.4) is 0 Å². The normalized spacial score (nSPS) is 20.9. The molecule has 0 aliphatic carbocycles. The molecule has 2 N–H and O–H groups in total. The number of hydrogen-bond acceptors (Lipinski definition) is 8. The molecule has 10 nitrogen and oxygen atoms in total. The van der Waals surface area contributed by atoms with E-state index in [1.54, 1.807) is 12.1 Å². The number of benzene rings is 1. The number of amides is 2. The van der Waals surface area contributed by atoms with Crippen molar-refractivity contribution in [2.24, 2.45) is 0 Å². The van der Waals surface area contributed by atoms with Gasteiger partial charge < -0.3 is 20.1 Å². The number of nitrogens with zero attached hydrogens (tertiary/aromatic N) is 5. The second-order valence-corrected chi connectivity index (χ2v) is 11.4. The zero-order chi connectivity index (χ0) is 30.2. The number of urea groups is 1. The lowest BCUT2D eigenvalue weighted by Crippen LogP contribution is -2.56. The minimum atomic E-state index is -5.04. The van der Waals surface area contributed by atoms with Crippen molar-refractivity contribution in [3.63, 3.8) is 0 Å². The van der Waals surface area contributed by atoms with Crippen molar-refractivity contribution in [1.29, 1.82) is 5.26 Å². The molecular formula is C26H23ClF4N6O4S. The summed E-state index contributed by atoms with van der Waals surface area (Å²) in [6, 6.07) is 6.48. The lowest BCUT2D eigenvalue weighted by molar-refractivity contribution is -0.183. The quantitative estimate of drug-likeness (QED) is 0.403. The Bertz CT molecular complexity index is 1530. The van der Waals surface area contributed by atoms with E-state index in [2.05, 4.69) is 10.4 Å². The zero-order valence-corrected chi connectivity index (χ0v) is 23.2. The SMILES string of the molecule is N#Cc1c(C2CC(O)N(C(=O)N3CCOCC3)C2C(F)(F)F)nn(C(=O)c2ccccc2F)c1NCc1ccc(Cl)s1. The fourth-order valence-electron chi connectivity index (χ4n) is 5.14. The molecule has 0 spiro atoms. The highest BCUT2D eigenvalue weighted by Crippen LogP contribution is 2.46. The Kier molecular flexibility index (Phi) is 8.42. The molecule has 2 saturated heterocycles. The van der Waals surface area contributed by atoms with Crippen LogP contribution >= 0.6 is 22.9 Å². The highest BCUT2D eigenvalue weighted by atomic mass is 35.5. The van der Waals surface area contributed by atoms with Crippen molar-refractivity contribution in [3.8, 4) is 6.07 Å². The lowest BCUT2D eigenvalue weighted by Gasteiger charge is -2.36. The largest absolute Gasteiger partial charge is 0.409 e. The van der Waals surface area contributed by atoms with Crippen LogP contribution in [0.4, 0.5) is 28.2 Å². The second kappa shape index (κ2) is 11.9. The number of hydrogen-bond donors (Lipinski definition) is 2. The molecule has 3 aromatic rings. The van der Waals surface area contributed by atoms with Crippen LogP contribution in [-0.2, 0) is 11.3 Å². The molecule has 1 aromatic carbocycles. The zero-order valence-electron chi connectivity index (χ0n) is 21.6. The van der Waals surface area contributed by atoms with Crippen molar-refractivity contribution >= 4 is 40.7 Å². The van der Waals surface area contributed by atoms with Gasteiger partial charge in [-0.05, 0) is 24.3 Å². The topological polar surface area (TPSA) is 124 Å². The number of nitrogens with one attached hydrogen (secondary N) is 1. The van der Waals surface area contributed by atoms with Crippen LogP contribution in [0, 0.1) is 17.1 Å². The number of aromatic nitrogens is 2. The number of thiophene rings is 1. The van der Waals surface area contributed by atoms with Crippen LogP contribution < -0.4 is 5.32 Å². The number of halogens is 5. The number of rotatable bonds is 5. The summed E-state index contributed by atoms with van der Waals surface area (Å²) in [6.07, 6.45) is -7.52. The van der Waals surface area contributed by atoms with E-state index in [0.29, 0.717) is 18.8 Å². The summed E-state index contributed by atoms with van der Waals surface area (Å²) in [7, 11) is 0. The average Bonchev–Trinajstić information content (AvgIpc) is 3.65. The number of carbonyl (C=O) groups excluding carboxylic acids is 2. The summed E-state index contributed by atoms with van der Waals surface area (Å²) >= 11 is 7.18. The van der Waals surface area contributed by atoms with Crippen LogP contribution in [0.25, 0.3) is 0 Å². The maximum Gasteiger partial charge on any atom is 0.409 e. The van der Waals surface area contributed by atoms with Gasteiger partial charge in [-0.3, -0.25) is 9.69 Å². The lowest BCUT2D eigenvalue weighted by atomic mass is 9.93. The molecule has 3 atom stereocenters. The molecule has 222 valence electrons. The molecule has 16 heteroatoms. The van der Waals surface area contributed by atoms with E-state index in [1.807, 2.05) is 6.07 Å². The summed E-state index contributed by atoms with van der Waals surface area (Å²) in [5, 5.41) is 27.9. The summed E-state index contributed by atoms with van der Waals surface area (Å²) in [5.74, 6) is -3.92. The number of alkyl halides is 3. The average molecular weight is 627 g/mol. The van der Waals surface area contributed by atoms with E-state index < -0.39 is 65.4 Å². The third-order valence-electron chi connectivity index (χ3n) is 7.04. The van der Waals surface area contributed by atoms with Crippen LogP contribution in [0.15, 0.2) is 36.4 Å². The minimum Gasteiger partial charge on any atom is -0.378 e. The van der Waals surface area contributed by atoms with Gasteiger partial charge in [-0.1, -0.05) is 23.7 Å². The second-order valence-electron chi connectivity index (χ2n) is 9.58. The number of carbonyl (C=O) groups is 2. The highest BCUT2D eigenvalue weighted by Gasteiger charge is 2.59. The Morgan fingerprint density at radius 3 is 2.55 bits per heavy atom. The van der Waals surface area contributed by atoms with Gasteiger partial charge in [-0.15, -0.1) is 11.3 Å². The number of aliphatic hydroxyl groups is 1. The number of aliphatic hydroxyl groups excluding tert-OH is 1. The Morgan fingerprint density at radius 2 is 1.93 bits per heavy atom. The van der Waals surface area contributed by atoms with Crippen molar-refractivity contribution in [3.05, 3.63) is 68.2 Å². The number of nitriles is 1. The molecular weight excluding hydrogens is 604 g/mol. The number of anilines is 1. The summed E-state index contributed by atoms with van der Waals surface area (Å²) in [4.78, 5) is 28.8. The van der Waals surface area contributed by atoms with Crippen LogP contribution in [0.1, 0.15) is 38.8 Å². The fraction of sp³-hybridized carbons (Fsp3) is 0.385. The van der Waals surface area contributed by atoms with Gasteiger partial charge in [0.2, 0.25) is 0 Å². The van der Waals surface area contributed by atoms with E-state index in [9.17, 15) is 37.5 Å². The van der Waals surface area contributed by atoms with Crippen molar-refractivity contribution in [2.75, 3.05) is 31.6 Å². The first-order chi connectivity index (χ1) is 20.0. The summed E-state index contributed by atoms with van der Waals surface area (Å²) in [6.45, 7) is 0.336. The molecule has 42 heavy (non-hydrogen) atoms. The van der Waals surface area contributed by atoms with Crippen LogP contribution in [-0.4, -0.2) is 81.4 Å². The Balaban J connectivity index is 1.60. The number of morpholine rings is 1. The maximum absolute atomic E-state index is 14.6. The van der Waals surface area contributed by atoms with Gasteiger partial charge in [0.15, 0.2) is 5.82 Å². The Morgan fingerprint density at radius 1 is 1.21 bits per heavy atom. The predicted molar refractivity (Wildman–Crippen MR) is 143 cm³/mol. The molecule has 0 bridgehead atoms. The molecule has 0 radical (unpaired) electrons. The van der Waals surface area contributed by atoms with Gasteiger partial charge in [0, 0.05) is 30.3 Å². The Labute approximate surface area is 245 Å². The van der Waals surface area contributed by atoms with E-state index in [0.717, 1.165) is 11.0 Å². The molecule has 2 aromatic heterocycles. The number of likely N-dealkylation sites (tertiary alicyclic amines) is 1. The summed E-state index contributed by atoms with van der Waals surface area (Å²) < 4.78 is 64.8. The first kappa shape index (κ1) is 29.8. The molecule has 2 aliphatic heterocycles. The standard InChI is InChI=1S/C26H23ClF4N6O4S/c27-19-6-5-14(42-19)13-33-23-17(12-32)21(34-37(23)24(39)15-3-1-2-4-18(15)28)16-11-20(38)36(22(16)26(29,30)31)25(40)35-7-9-41-10-8-35/h1-6,16,20,22,33,38H,7-11,13H2. The van der Waals surface area contributed by atoms with Gasteiger partial charge in [0.25, 0.3) is 5.91 Å². The highest BCUT2D eigenvalue weighted by molar-refractivity contribution is 7.16. The van der Waals surface area contributed by atoms with E-state index >= 15 is 0 Å². The fourth-order valence-corrected chi connectivity index (χ4v) is 6.17. The predicted octanol–water partition coefficient (Wildman–Crippen LogP) is 4.40. The van der Waals surface area contributed by atoms with Gasteiger partial charge in [0.1, 0.15) is 29.7 Å². The minimum absolute atomic E-state index is 0.0133. The third kappa shape index (κ3) is 5.67. The molecule has 2 fully saturated rings. The molecule has 4 heterocycles. The third-order valence-corrected chi connectivity index (χ3v) is 8.27. The van der Waals surface area contributed by atoms with Gasteiger partial charge in [-0.25, -0.2) is 9.18 Å². The van der Waals surface area contributed by atoms with E-state index in [1.165, 1.54) is 29.5 Å². The number of ether oxygens (including phenoxy) is 1. The van der Waals surface area contributed by atoms with Crippen molar-refractivity contribution in [1.82, 2.24) is 19.6 Å². The van der Waals surface area contributed by atoms with Crippen molar-refractivity contribution < 1.29 is 37.0 Å². The smallest absolute Gasteiger partial charge is 0.378 e. The molecule has 5 rings (SSSR count). The van der Waals surface area contributed by atoms with Gasteiger partial charge in [-0.2, -0.15) is 28.2 Å². The van der Waals surface area contributed by atoms with Crippen LogP contribution in [0.5, 0.6) is 0 Å². The summed E-state index contributed by atoms with van der Waals surface area (Å²) in [5.41, 5.74) is -1.30. The van der Waals surface area contributed by atoms with Crippen LogP contribution in [0.2, 0.25) is 4.34 Å². The van der Waals surface area contributed by atoms with E-state index in [-0.39, 0.29) is 38.7 Å². The van der Waals surface area contributed by atoms with Gasteiger partial charge in [0.05, 0.1) is 35.4 Å². The molecule has 2 amide bonds. The molecule has 0 saturated carbocycles. The van der Waals surface area contributed by atoms with Gasteiger partial charge >= 0.3 is 12.2 Å². The monoisotopic (exact) mass is 626 g/mol. The maximum atomic E-state index is 14.6. The van der Waals surface area contributed by atoms with Crippen molar-refractivity contribution in [2.45, 2.75) is 37.3 Å². The van der Waals surface area contributed by atoms with E-state index in [4.69, 9.17) is 16.3 Å². The Hall–Kier alpha value is -3.71. The first-order valence-corrected chi connectivity index (χ1v) is 13.9. The molecule has 2 aliphatic rings. The first-order valence-electron chi connectivity index (χ1n) is 12.7.